The predicted molar refractivity (Wildman–Crippen MR) is 66.7 cm³/mol. The zero-order valence-corrected chi connectivity index (χ0v) is 10.2. The van der Waals surface area contributed by atoms with Crippen molar-refractivity contribution in [2.75, 3.05) is 7.11 Å². The Morgan fingerprint density at radius 2 is 2.29 bits per heavy atom. The molecule has 0 fully saturated rings. The van der Waals surface area contributed by atoms with Crippen LogP contribution in [0.1, 0.15) is 36.0 Å². The summed E-state index contributed by atoms with van der Waals surface area (Å²) in [5.74, 6) is 0.159. The highest BCUT2D eigenvalue weighted by Gasteiger charge is 2.46. The Hall–Kier alpha value is -1.57. The van der Waals surface area contributed by atoms with Crippen molar-refractivity contribution in [3.8, 4) is 0 Å². The van der Waals surface area contributed by atoms with Gasteiger partial charge in [-0.25, -0.2) is 0 Å². The van der Waals surface area contributed by atoms with Crippen LogP contribution in [-0.2, 0) is 16.0 Å². The second kappa shape index (κ2) is 3.46. The van der Waals surface area contributed by atoms with Crippen LogP contribution in [0, 0.1) is 5.41 Å². The van der Waals surface area contributed by atoms with E-state index in [9.17, 15) is 4.79 Å². The SMILES string of the molecule is COC(=O)C1(C)C=Cc2cccc3c2C1CC3. The van der Waals surface area contributed by atoms with Gasteiger partial charge in [0.05, 0.1) is 12.5 Å². The topological polar surface area (TPSA) is 26.3 Å². The van der Waals surface area contributed by atoms with Gasteiger partial charge in [-0.2, -0.15) is 0 Å². The van der Waals surface area contributed by atoms with Gasteiger partial charge in [-0.15, -0.1) is 0 Å². The third-order valence-electron chi connectivity index (χ3n) is 4.24. The van der Waals surface area contributed by atoms with Gasteiger partial charge in [0.2, 0.25) is 0 Å². The van der Waals surface area contributed by atoms with E-state index in [1.807, 2.05) is 13.0 Å². The number of carbonyl (C=O) groups excluding carboxylic acids is 1. The van der Waals surface area contributed by atoms with Crippen LogP contribution in [0.15, 0.2) is 24.3 Å². The highest BCUT2D eigenvalue weighted by Crippen LogP contribution is 2.51. The Morgan fingerprint density at radius 3 is 3.06 bits per heavy atom. The fourth-order valence-electron chi connectivity index (χ4n) is 3.27. The number of hydrogen-bond donors (Lipinski definition) is 0. The number of carbonyl (C=O) groups is 1. The molecule has 1 aromatic rings. The maximum atomic E-state index is 12.0. The summed E-state index contributed by atoms with van der Waals surface area (Å²) in [6.45, 7) is 1.99. The maximum Gasteiger partial charge on any atom is 0.316 e. The second-order valence-electron chi connectivity index (χ2n) is 5.12. The van der Waals surface area contributed by atoms with Crippen LogP contribution in [0.3, 0.4) is 0 Å². The average Bonchev–Trinajstić information content (AvgIpc) is 2.79. The smallest absolute Gasteiger partial charge is 0.316 e. The zero-order chi connectivity index (χ0) is 12.0. The number of rotatable bonds is 1. The molecule has 2 nitrogen and oxygen atoms in total. The molecule has 0 saturated carbocycles. The fraction of sp³-hybridized carbons (Fsp3) is 0.400. The van der Waals surface area contributed by atoms with Crippen LogP contribution in [0.4, 0.5) is 0 Å². The highest BCUT2D eigenvalue weighted by molar-refractivity contribution is 5.84. The molecule has 0 saturated heterocycles. The Kier molecular flexibility index (Phi) is 2.15. The summed E-state index contributed by atoms with van der Waals surface area (Å²) in [6.07, 6.45) is 6.20. The second-order valence-corrected chi connectivity index (χ2v) is 5.12. The Morgan fingerprint density at radius 1 is 1.47 bits per heavy atom. The Bertz CT molecular complexity index is 516. The van der Waals surface area contributed by atoms with Crippen molar-refractivity contribution in [3.05, 3.63) is 41.0 Å². The van der Waals surface area contributed by atoms with E-state index in [0.29, 0.717) is 0 Å². The van der Waals surface area contributed by atoms with E-state index in [1.54, 1.807) is 0 Å². The van der Waals surface area contributed by atoms with Crippen LogP contribution in [0.5, 0.6) is 0 Å². The normalized spacial score (nSPS) is 28.9. The summed E-state index contributed by atoms with van der Waals surface area (Å²) in [5.41, 5.74) is 3.54. The fourth-order valence-corrected chi connectivity index (χ4v) is 3.27. The molecule has 17 heavy (non-hydrogen) atoms. The molecule has 0 aromatic heterocycles. The first-order valence-corrected chi connectivity index (χ1v) is 6.06. The summed E-state index contributed by atoms with van der Waals surface area (Å²) in [4.78, 5) is 12.0. The van der Waals surface area contributed by atoms with Gasteiger partial charge in [-0.3, -0.25) is 4.79 Å². The molecule has 2 atom stereocenters. The molecule has 2 heteroatoms. The minimum Gasteiger partial charge on any atom is -0.468 e. The van der Waals surface area contributed by atoms with Gasteiger partial charge in [0.25, 0.3) is 0 Å². The summed E-state index contributed by atoms with van der Waals surface area (Å²) in [6, 6.07) is 6.40. The Labute approximate surface area is 101 Å². The number of aryl methyl sites for hydroxylation is 1. The predicted octanol–water partition coefficient (Wildman–Crippen LogP) is 2.92. The summed E-state index contributed by atoms with van der Waals surface area (Å²) in [5, 5.41) is 0. The molecule has 88 valence electrons. The first-order chi connectivity index (χ1) is 8.16. The molecule has 0 N–H and O–H groups in total. The third-order valence-corrected chi connectivity index (χ3v) is 4.24. The van der Waals surface area contributed by atoms with Gasteiger partial charge in [0.1, 0.15) is 0 Å². The minimum absolute atomic E-state index is 0.124. The van der Waals surface area contributed by atoms with E-state index in [2.05, 4.69) is 24.3 Å². The monoisotopic (exact) mass is 228 g/mol. The molecule has 0 amide bonds. The van der Waals surface area contributed by atoms with Crippen molar-refractivity contribution in [3.63, 3.8) is 0 Å². The lowest BCUT2D eigenvalue weighted by atomic mass is 9.69. The van der Waals surface area contributed by atoms with Gasteiger partial charge in [0.15, 0.2) is 0 Å². The first kappa shape index (κ1) is 10.6. The molecule has 0 spiro atoms. The number of hydrogen-bond acceptors (Lipinski definition) is 2. The lowest BCUT2D eigenvalue weighted by Gasteiger charge is -2.34. The molecule has 2 aliphatic carbocycles. The van der Waals surface area contributed by atoms with E-state index in [-0.39, 0.29) is 11.9 Å². The third kappa shape index (κ3) is 1.30. The van der Waals surface area contributed by atoms with E-state index in [1.165, 1.54) is 23.8 Å². The molecule has 0 bridgehead atoms. The number of benzene rings is 1. The van der Waals surface area contributed by atoms with Crippen LogP contribution in [-0.4, -0.2) is 13.1 Å². The van der Waals surface area contributed by atoms with Crippen LogP contribution in [0.2, 0.25) is 0 Å². The van der Waals surface area contributed by atoms with E-state index in [4.69, 9.17) is 4.74 Å². The largest absolute Gasteiger partial charge is 0.468 e. The van der Waals surface area contributed by atoms with Gasteiger partial charge >= 0.3 is 5.97 Å². The lowest BCUT2D eigenvalue weighted by molar-refractivity contribution is -0.150. The van der Waals surface area contributed by atoms with Gasteiger partial charge in [0, 0.05) is 5.92 Å². The summed E-state index contributed by atoms with van der Waals surface area (Å²) < 4.78 is 4.97. The van der Waals surface area contributed by atoms with Crippen LogP contribution < -0.4 is 0 Å². The van der Waals surface area contributed by atoms with Crippen molar-refractivity contribution in [1.29, 1.82) is 0 Å². The minimum atomic E-state index is -0.492. The standard InChI is InChI=1S/C15H16O2/c1-15(14(16)17-2)9-8-11-5-3-4-10-6-7-12(15)13(10)11/h3-5,8-9,12H,6-7H2,1-2H3. The van der Waals surface area contributed by atoms with Crippen molar-refractivity contribution >= 4 is 12.0 Å². The number of methoxy groups -OCH3 is 1. The van der Waals surface area contributed by atoms with Crippen LogP contribution >= 0.6 is 0 Å². The molecule has 2 aliphatic rings. The number of ether oxygens (including phenoxy) is 1. The van der Waals surface area contributed by atoms with Crippen molar-refractivity contribution in [2.24, 2.45) is 5.41 Å². The molecule has 0 aliphatic heterocycles. The van der Waals surface area contributed by atoms with Gasteiger partial charge in [-0.05, 0) is 36.5 Å². The highest BCUT2D eigenvalue weighted by atomic mass is 16.5. The molecule has 0 heterocycles. The lowest BCUT2D eigenvalue weighted by Crippen LogP contribution is -2.34. The molecular formula is C15H16O2. The first-order valence-electron chi connectivity index (χ1n) is 6.06. The Balaban J connectivity index is 2.16. The van der Waals surface area contributed by atoms with E-state index >= 15 is 0 Å². The van der Waals surface area contributed by atoms with E-state index in [0.717, 1.165) is 12.8 Å². The molecule has 2 unspecified atom stereocenters. The van der Waals surface area contributed by atoms with Crippen LogP contribution in [0.25, 0.3) is 6.08 Å². The molecule has 1 aromatic carbocycles. The van der Waals surface area contributed by atoms with Crippen molar-refractivity contribution in [1.82, 2.24) is 0 Å². The average molecular weight is 228 g/mol. The number of esters is 1. The maximum absolute atomic E-state index is 12.0. The van der Waals surface area contributed by atoms with E-state index < -0.39 is 5.41 Å². The van der Waals surface area contributed by atoms with Crippen molar-refractivity contribution in [2.45, 2.75) is 25.7 Å². The van der Waals surface area contributed by atoms with Gasteiger partial charge in [-0.1, -0.05) is 30.4 Å². The quantitative estimate of drug-likeness (QED) is 0.691. The molecule has 0 radical (unpaired) electrons. The molecule has 3 rings (SSSR count). The summed E-state index contributed by atoms with van der Waals surface area (Å²) >= 11 is 0. The summed E-state index contributed by atoms with van der Waals surface area (Å²) in [7, 11) is 1.47. The zero-order valence-electron chi connectivity index (χ0n) is 10.2. The molecular weight excluding hydrogens is 212 g/mol. The van der Waals surface area contributed by atoms with Crippen molar-refractivity contribution < 1.29 is 9.53 Å². The van der Waals surface area contributed by atoms with Gasteiger partial charge < -0.3 is 4.74 Å².